The van der Waals surface area contributed by atoms with Gasteiger partial charge in [-0.2, -0.15) is 0 Å². The van der Waals surface area contributed by atoms with Crippen molar-refractivity contribution in [2.75, 3.05) is 13.2 Å². The molecule has 1 aromatic carbocycles. The summed E-state index contributed by atoms with van der Waals surface area (Å²) in [6.07, 6.45) is 9.98. The number of rotatable bonds is 15. The molecule has 0 aromatic heterocycles. The predicted molar refractivity (Wildman–Crippen MR) is 123 cm³/mol. The van der Waals surface area contributed by atoms with Crippen molar-refractivity contribution in [3.63, 3.8) is 0 Å². The Morgan fingerprint density at radius 2 is 1.27 bits per heavy atom. The third-order valence-corrected chi connectivity index (χ3v) is 5.54. The predicted octanol–water partition coefficient (Wildman–Crippen LogP) is 6.59. The molecule has 4 heteroatoms. The summed E-state index contributed by atoms with van der Waals surface area (Å²) in [5.41, 5.74) is 0.745. The van der Waals surface area contributed by atoms with Gasteiger partial charge in [-0.25, -0.2) is 9.59 Å². The van der Waals surface area contributed by atoms with E-state index in [0.29, 0.717) is 25.0 Å². The van der Waals surface area contributed by atoms with E-state index in [0.717, 1.165) is 56.9 Å². The molecular weight excluding hydrogens is 376 g/mol. The van der Waals surface area contributed by atoms with Gasteiger partial charge in [-0.1, -0.05) is 96.6 Å². The fraction of sp³-hybridized carbons (Fsp3) is 0.615. The molecule has 0 saturated carbocycles. The zero-order chi connectivity index (χ0) is 22.2. The highest BCUT2D eigenvalue weighted by atomic mass is 16.6. The lowest BCUT2D eigenvalue weighted by atomic mass is 10.0. The lowest BCUT2D eigenvalue weighted by Crippen LogP contribution is -2.23. The van der Waals surface area contributed by atoms with Crippen LogP contribution in [0.1, 0.15) is 84.6 Å². The number of hydrogen-bond acceptors (Lipinski definition) is 4. The van der Waals surface area contributed by atoms with Gasteiger partial charge in [0.25, 0.3) is 0 Å². The van der Waals surface area contributed by atoms with Crippen molar-refractivity contribution < 1.29 is 19.1 Å². The number of benzene rings is 1. The van der Waals surface area contributed by atoms with Crippen molar-refractivity contribution in [2.45, 2.75) is 79.1 Å². The van der Waals surface area contributed by atoms with E-state index in [9.17, 15) is 9.59 Å². The second-order valence-electron chi connectivity index (χ2n) is 8.00. The molecule has 0 aliphatic heterocycles. The molecule has 0 bridgehead atoms. The molecule has 0 heterocycles. The van der Waals surface area contributed by atoms with Crippen LogP contribution in [0, 0.1) is 11.8 Å². The van der Waals surface area contributed by atoms with Crippen molar-refractivity contribution in [3.8, 4) is 0 Å². The maximum absolute atomic E-state index is 12.8. The number of carbonyl (C=O) groups excluding carboxylic acids is 2. The number of ether oxygens (including phenoxy) is 2. The average Bonchev–Trinajstić information content (AvgIpc) is 2.78. The molecule has 168 valence electrons. The number of carbonyl (C=O) groups is 2. The quantitative estimate of drug-likeness (QED) is 0.140. The molecule has 0 amide bonds. The Morgan fingerprint density at radius 1 is 0.800 bits per heavy atom. The fourth-order valence-electron chi connectivity index (χ4n) is 3.26. The molecule has 30 heavy (non-hydrogen) atoms. The van der Waals surface area contributed by atoms with Crippen LogP contribution in [0.25, 0.3) is 6.08 Å². The maximum atomic E-state index is 12.8. The standard InChI is InChI=1S/C26H40O4/c1-5-9-14-21(7-3)19-29-25(27)24(18-23-16-12-11-13-17-23)26(28)30-20-22(8-4)15-10-6-2/h11-13,16-18,21-22H,5-10,14-15,19-20H2,1-4H3/t21-,22-/m0/s1. The van der Waals surface area contributed by atoms with Gasteiger partial charge in [0.2, 0.25) is 0 Å². The van der Waals surface area contributed by atoms with E-state index in [4.69, 9.17) is 9.47 Å². The van der Waals surface area contributed by atoms with E-state index in [2.05, 4.69) is 27.7 Å². The normalized spacial score (nSPS) is 12.7. The van der Waals surface area contributed by atoms with Gasteiger partial charge in [-0.3, -0.25) is 0 Å². The van der Waals surface area contributed by atoms with E-state index in [-0.39, 0.29) is 5.57 Å². The number of unbranched alkanes of at least 4 members (excludes halogenated alkanes) is 2. The highest BCUT2D eigenvalue weighted by Crippen LogP contribution is 2.17. The molecule has 0 fully saturated rings. The highest BCUT2D eigenvalue weighted by Gasteiger charge is 2.23. The van der Waals surface area contributed by atoms with E-state index >= 15 is 0 Å². The van der Waals surface area contributed by atoms with Crippen LogP contribution in [0.15, 0.2) is 35.9 Å². The Kier molecular flexibility index (Phi) is 13.6. The highest BCUT2D eigenvalue weighted by molar-refractivity contribution is 6.17. The van der Waals surface area contributed by atoms with E-state index in [1.165, 1.54) is 0 Å². The summed E-state index contributed by atoms with van der Waals surface area (Å²) in [7, 11) is 0. The summed E-state index contributed by atoms with van der Waals surface area (Å²) in [5.74, 6) is -0.552. The molecule has 1 rings (SSSR count). The maximum Gasteiger partial charge on any atom is 0.345 e. The number of esters is 2. The van der Waals surface area contributed by atoms with E-state index in [1.54, 1.807) is 6.08 Å². The Hall–Kier alpha value is -2.10. The molecule has 0 N–H and O–H groups in total. The first kappa shape index (κ1) is 25.9. The summed E-state index contributed by atoms with van der Waals surface area (Å²) in [4.78, 5) is 25.6. The van der Waals surface area contributed by atoms with Crippen LogP contribution in [-0.4, -0.2) is 25.2 Å². The van der Waals surface area contributed by atoms with Crippen LogP contribution in [0.5, 0.6) is 0 Å². The minimum absolute atomic E-state index is 0.0307. The summed E-state index contributed by atoms with van der Waals surface area (Å²) in [5, 5.41) is 0. The Bertz CT molecular complexity index is 602. The Morgan fingerprint density at radius 3 is 1.67 bits per heavy atom. The van der Waals surface area contributed by atoms with Crippen LogP contribution in [0.3, 0.4) is 0 Å². The van der Waals surface area contributed by atoms with E-state index < -0.39 is 11.9 Å². The second kappa shape index (κ2) is 15.7. The monoisotopic (exact) mass is 416 g/mol. The smallest absolute Gasteiger partial charge is 0.345 e. The van der Waals surface area contributed by atoms with Gasteiger partial charge < -0.3 is 9.47 Å². The number of hydrogen-bond donors (Lipinski definition) is 0. The van der Waals surface area contributed by atoms with Gasteiger partial charge in [0.15, 0.2) is 0 Å². The van der Waals surface area contributed by atoms with Crippen molar-refractivity contribution >= 4 is 18.0 Å². The topological polar surface area (TPSA) is 52.6 Å². The van der Waals surface area contributed by atoms with Gasteiger partial charge >= 0.3 is 11.9 Å². The van der Waals surface area contributed by atoms with Crippen LogP contribution >= 0.6 is 0 Å². The molecule has 0 radical (unpaired) electrons. The largest absolute Gasteiger partial charge is 0.462 e. The van der Waals surface area contributed by atoms with Crippen molar-refractivity contribution in [1.29, 1.82) is 0 Å². The van der Waals surface area contributed by atoms with Gasteiger partial charge in [-0.15, -0.1) is 0 Å². The van der Waals surface area contributed by atoms with Gasteiger partial charge in [0, 0.05) is 0 Å². The van der Waals surface area contributed by atoms with Gasteiger partial charge in [0.05, 0.1) is 13.2 Å². The van der Waals surface area contributed by atoms with Crippen molar-refractivity contribution in [1.82, 2.24) is 0 Å². The summed E-state index contributed by atoms with van der Waals surface area (Å²) in [6.45, 7) is 9.18. The average molecular weight is 417 g/mol. The summed E-state index contributed by atoms with van der Waals surface area (Å²) >= 11 is 0. The van der Waals surface area contributed by atoms with Gasteiger partial charge in [0.1, 0.15) is 5.57 Å². The third-order valence-electron chi connectivity index (χ3n) is 5.54. The zero-order valence-electron chi connectivity index (χ0n) is 19.3. The van der Waals surface area contributed by atoms with E-state index in [1.807, 2.05) is 30.3 Å². The van der Waals surface area contributed by atoms with Crippen molar-refractivity contribution in [3.05, 3.63) is 41.5 Å². The first-order valence-electron chi connectivity index (χ1n) is 11.7. The summed E-state index contributed by atoms with van der Waals surface area (Å²) in [6, 6.07) is 9.35. The molecule has 0 saturated heterocycles. The molecular formula is C26H40O4. The lowest BCUT2D eigenvalue weighted by molar-refractivity contribution is -0.148. The summed E-state index contributed by atoms with van der Waals surface area (Å²) < 4.78 is 11.1. The third kappa shape index (κ3) is 10.1. The molecule has 1 aromatic rings. The lowest BCUT2D eigenvalue weighted by Gasteiger charge is -2.17. The first-order valence-corrected chi connectivity index (χ1v) is 11.7. The fourth-order valence-corrected chi connectivity index (χ4v) is 3.26. The Balaban J connectivity index is 2.85. The molecule has 2 atom stereocenters. The zero-order valence-corrected chi connectivity index (χ0v) is 19.3. The first-order chi connectivity index (χ1) is 14.5. The SMILES string of the molecule is CCCC[C@H](CC)COC(=O)C(=Cc1ccccc1)C(=O)OC[C@@H](CC)CCCC. The van der Waals surface area contributed by atoms with Crippen LogP contribution in [-0.2, 0) is 19.1 Å². The minimum Gasteiger partial charge on any atom is -0.462 e. The molecule has 0 aliphatic carbocycles. The molecule has 0 aliphatic rings. The Labute approximate surface area is 183 Å². The van der Waals surface area contributed by atoms with Crippen molar-refractivity contribution in [2.24, 2.45) is 11.8 Å². The van der Waals surface area contributed by atoms with Crippen LogP contribution in [0.2, 0.25) is 0 Å². The van der Waals surface area contributed by atoms with Crippen LogP contribution < -0.4 is 0 Å². The molecule has 0 unspecified atom stereocenters. The molecule has 0 spiro atoms. The van der Waals surface area contributed by atoms with Gasteiger partial charge in [-0.05, 0) is 36.3 Å². The van der Waals surface area contributed by atoms with Crippen LogP contribution in [0.4, 0.5) is 0 Å². The minimum atomic E-state index is -0.597. The molecule has 4 nitrogen and oxygen atoms in total. The second-order valence-corrected chi connectivity index (χ2v) is 8.00.